The quantitative estimate of drug-likeness (QED) is 0.389. The molecule has 1 aromatic carbocycles. The van der Waals surface area contributed by atoms with Gasteiger partial charge in [-0.3, -0.25) is 29.8 Å². The molecule has 0 radical (unpaired) electrons. The molecule has 0 aliphatic carbocycles. The van der Waals surface area contributed by atoms with Crippen LogP contribution in [0, 0.1) is 26.1 Å². The van der Waals surface area contributed by atoms with E-state index in [-0.39, 0.29) is 5.56 Å². The number of nitro benzene ring substituents is 2. The third-order valence-corrected chi connectivity index (χ3v) is 3.51. The highest BCUT2D eigenvalue weighted by Gasteiger charge is 2.33. The zero-order chi connectivity index (χ0) is 16.3. The van der Waals surface area contributed by atoms with Gasteiger partial charge in [0.15, 0.2) is 5.78 Å². The Bertz CT molecular complexity index is 657. The Hall–Kier alpha value is -2.84. The molecule has 1 amide bonds. The van der Waals surface area contributed by atoms with Crippen LogP contribution in [0.1, 0.15) is 29.6 Å². The molecule has 1 atom stereocenters. The maximum atomic E-state index is 12.4. The van der Waals surface area contributed by atoms with E-state index in [1.54, 1.807) is 0 Å². The summed E-state index contributed by atoms with van der Waals surface area (Å²) >= 11 is 0. The number of nitrogens with one attached hydrogen (secondary N) is 1. The zero-order valence-corrected chi connectivity index (χ0v) is 11.5. The number of nitro groups is 2. The second-order valence-electron chi connectivity index (χ2n) is 4.92. The van der Waals surface area contributed by atoms with Crippen molar-refractivity contribution in [2.75, 3.05) is 6.54 Å². The van der Waals surface area contributed by atoms with E-state index < -0.39 is 38.8 Å². The predicted octanol–water partition coefficient (Wildman–Crippen LogP) is 1.60. The van der Waals surface area contributed by atoms with Crippen molar-refractivity contribution in [3.05, 3.63) is 44.0 Å². The topological polar surface area (TPSA) is 132 Å². The van der Waals surface area contributed by atoms with Crippen molar-refractivity contribution in [3.8, 4) is 0 Å². The zero-order valence-electron chi connectivity index (χ0n) is 11.5. The molecular formula is C13H13N3O6. The molecule has 1 heterocycles. The molecule has 1 unspecified atom stereocenters. The summed E-state index contributed by atoms with van der Waals surface area (Å²) in [4.78, 5) is 44.4. The minimum Gasteiger partial charge on any atom is -0.355 e. The number of Topliss-reactive ketones (excluding diaryl/α,β-unsaturated/α-hetero) is 1. The lowest BCUT2D eigenvalue weighted by atomic mass is 9.92. The SMILES string of the molecule is O=C1NCCCCC1C(=O)c1ccc([N+](=O)[O-])cc1[N+](=O)[O-]. The molecule has 1 aliphatic heterocycles. The van der Waals surface area contributed by atoms with Gasteiger partial charge in [0.2, 0.25) is 5.91 Å². The first kappa shape index (κ1) is 15.5. The molecule has 0 spiro atoms. The molecule has 116 valence electrons. The van der Waals surface area contributed by atoms with Crippen LogP contribution in [0.2, 0.25) is 0 Å². The number of carbonyl (C=O) groups is 2. The van der Waals surface area contributed by atoms with Crippen LogP contribution >= 0.6 is 0 Å². The van der Waals surface area contributed by atoms with E-state index in [2.05, 4.69) is 5.32 Å². The normalized spacial score (nSPS) is 18.2. The van der Waals surface area contributed by atoms with Crippen LogP contribution in [0.25, 0.3) is 0 Å². The summed E-state index contributed by atoms with van der Waals surface area (Å²) in [6, 6.07) is 2.80. The molecule has 0 bridgehead atoms. The Morgan fingerprint density at radius 3 is 2.55 bits per heavy atom. The van der Waals surface area contributed by atoms with Crippen LogP contribution in [0.5, 0.6) is 0 Å². The number of ketones is 1. The fourth-order valence-electron chi connectivity index (χ4n) is 2.37. The van der Waals surface area contributed by atoms with E-state index in [1.807, 2.05) is 0 Å². The van der Waals surface area contributed by atoms with Crippen molar-refractivity contribution in [3.63, 3.8) is 0 Å². The van der Waals surface area contributed by atoms with Gasteiger partial charge in [-0.2, -0.15) is 0 Å². The van der Waals surface area contributed by atoms with Gasteiger partial charge in [-0.1, -0.05) is 6.42 Å². The highest BCUT2D eigenvalue weighted by Crippen LogP contribution is 2.28. The summed E-state index contributed by atoms with van der Waals surface area (Å²) in [7, 11) is 0. The molecular weight excluding hydrogens is 294 g/mol. The van der Waals surface area contributed by atoms with Gasteiger partial charge in [-0.05, 0) is 18.9 Å². The number of hydrogen-bond donors (Lipinski definition) is 1. The van der Waals surface area contributed by atoms with Crippen molar-refractivity contribution >= 4 is 23.1 Å². The lowest BCUT2D eigenvalue weighted by Gasteiger charge is -2.12. The smallest absolute Gasteiger partial charge is 0.287 e. The van der Waals surface area contributed by atoms with Gasteiger partial charge < -0.3 is 5.32 Å². The first-order valence-electron chi connectivity index (χ1n) is 6.66. The number of benzene rings is 1. The summed E-state index contributed by atoms with van der Waals surface area (Å²) in [6.45, 7) is 0.463. The second kappa shape index (κ2) is 6.29. The van der Waals surface area contributed by atoms with Gasteiger partial charge in [0.1, 0.15) is 5.92 Å². The van der Waals surface area contributed by atoms with Crippen LogP contribution in [-0.2, 0) is 4.79 Å². The lowest BCUT2D eigenvalue weighted by Crippen LogP contribution is -2.34. The number of hydrogen-bond acceptors (Lipinski definition) is 6. The lowest BCUT2D eigenvalue weighted by molar-refractivity contribution is -0.394. The van der Waals surface area contributed by atoms with E-state index in [9.17, 15) is 29.8 Å². The van der Waals surface area contributed by atoms with E-state index in [0.29, 0.717) is 19.4 Å². The van der Waals surface area contributed by atoms with Crippen LogP contribution < -0.4 is 5.32 Å². The number of rotatable bonds is 4. The van der Waals surface area contributed by atoms with Crippen LogP contribution in [0.3, 0.4) is 0 Å². The number of nitrogens with zero attached hydrogens (tertiary/aromatic N) is 2. The molecule has 1 aliphatic rings. The molecule has 22 heavy (non-hydrogen) atoms. The second-order valence-corrected chi connectivity index (χ2v) is 4.92. The van der Waals surface area contributed by atoms with E-state index in [4.69, 9.17) is 0 Å². The summed E-state index contributed by atoms with van der Waals surface area (Å²) in [6.07, 6.45) is 1.69. The fraction of sp³-hybridized carbons (Fsp3) is 0.385. The number of amides is 1. The van der Waals surface area contributed by atoms with Crippen molar-refractivity contribution in [1.29, 1.82) is 0 Å². The van der Waals surface area contributed by atoms with E-state index in [1.165, 1.54) is 0 Å². The van der Waals surface area contributed by atoms with Gasteiger partial charge in [-0.15, -0.1) is 0 Å². The van der Waals surface area contributed by atoms with Crippen LogP contribution in [0.4, 0.5) is 11.4 Å². The van der Waals surface area contributed by atoms with Crippen LogP contribution in [0.15, 0.2) is 18.2 Å². The number of carbonyl (C=O) groups excluding carboxylic acids is 2. The molecule has 1 N–H and O–H groups in total. The van der Waals surface area contributed by atoms with Crippen LogP contribution in [-0.4, -0.2) is 28.1 Å². The Morgan fingerprint density at radius 2 is 1.91 bits per heavy atom. The highest BCUT2D eigenvalue weighted by molar-refractivity contribution is 6.12. The fourth-order valence-corrected chi connectivity index (χ4v) is 2.37. The molecule has 2 rings (SSSR count). The van der Waals surface area contributed by atoms with E-state index in [0.717, 1.165) is 24.6 Å². The molecule has 1 fully saturated rings. The average Bonchev–Trinajstić information content (AvgIpc) is 2.70. The minimum absolute atomic E-state index is 0.280. The van der Waals surface area contributed by atoms with Crippen molar-refractivity contribution in [2.45, 2.75) is 19.3 Å². The monoisotopic (exact) mass is 307 g/mol. The summed E-state index contributed by atoms with van der Waals surface area (Å²) in [5, 5.41) is 24.3. The molecule has 0 aromatic heterocycles. The van der Waals surface area contributed by atoms with Gasteiger partial charge in [0, 0.05) is 12.6 Å². The summed E-state index contributed by atoms with van der Waals surface area (Å²) < 4.78 is 0. The highest BCUT2D eigenvalue weighted by atomic mass is 16.6. The maximum absolute atomic E-state index is 12.4. The Kier molecular flexibility index (Phi) is 4.44. The first-order valence-corrected chi connectivity index (χ1v) is 6.66. The maximum Gasteiger partial charge on any atom is 0.287 e. The van der Waals surface area contributed by atoms with Crippen molar-refractivity contribution < 1.29 is 19.4 Å². The van der Waals surface area contributed by atoms with Crippen molar-refractivity contribution in [1.82, 2.24) is 5.32 Å². The summed E-state index contributed by atoms with van der Waals surface area (Å²) in [5.74, 6) is -2.14. The predicted molar refractivity (Wildman–Crippen MR) is 74.4 cm³/mol. The Morgan fingerprint density at radius 1 is 1.18 bits per heavy atom. The average molecular weight is 307 g/mol. The van der Waals surface area contributed by atoms with Gasteiger partial charge in [0.25, 0.3) is 11.4 Å². The Balaban J connectivity index is 2.42. The third kappa shape index (κ3) is 3.08. The largest absolute Gasteiger partial charge is 0.355 e. The van der Waals surface area contributed by atoms with Gasteiger partial charge in [-0.25, -0.2) is 0 Å². The Labute approximate surface area is 124 Å². The van der Waals surface area contributed by atoms with Gasteiger partial charge >= 0.3 is 0 Å². The summed E-state index contributed by atoms with van der Waals surface area (Å²) in [5.41, 5.74) is -1.41. The third-order valence-electron chi connectivity index (χ3n) is 3.51. The minimum atomic E-state index is -0.998. The van der Waals surface area contributed by atoms with Crippen molar-refractivity contribution in [2.24, 2.45) is 5.92 Å². The first-order chi connectivity index (χ1) is 10.4. The molecule has 1 saturated heterocycles. The number of non-ortho nitro benzene ring substituents is 1. The molecule has 1 aromatic rings. The van der Waals surface area contributed by atoms with E-state index >= 15 is 0 Å². The molecule has 0 saturated carbocycles. The van der Waals surface area contributed by atoms with Gasteiger partial charge in [0.05, 0.1) is 21.5 Å². The molecule has 9 nitrogen and oxygen atoms in total. The molecule has 9 heteroatoms. The standard InChI is InChI=1S/C13H13N3O6/c17-12(10-3-1-2-6-14-13(10)18)9-5-4-8(15(19)20)7-11(9)16(21)22/h4-5,7,10H,1-3,6H2,(H,14,18).